The molecule has 0 radical (unpaired) electrons. The first-order chi connectivity index (χ1) is 44.8. The molecule has 19 heteroatoms. The van der Waals surface area contributed by atoms with Crippen molar-refractivity contribution in [3.63, 3.8) is 0 Å². The summed E-state index contributed by atoms with van der Waals surface area (Å²) in [5.74, 6) is 0.0289. The number of phosphoric acid groups is 2. The van der Waals surface area contributed by atoms with Gasteiger partial charge in [0.2, 0.25) is 0 Å². The van der Waals surface area contributed by atoms with E-state index < -0.39 is 97.5 Å². The molecule has 0 heterocycles. The molecule has 0 aromatic carbocycles. The highest BCUT2D eigenvalue weighted by Crippen LogP contribution is 2.45. The summed E-state index contributed by atoms with van der Waals surface area (Å²) < 4.78 is 68.3. The topological polar surface area (TPSA) is 237 Å². The first-order valence-electron chi connectivity index (χ1n) is 38.4. The number of hydrogen-bond acceptors (Lipinski definition) is 15. The predicted octanol–water partition coefficient (Wildman–Crippen LogP) is 21.4. The van der Waals surface area contributed by atoms with Crippen LogP contribution < -0.4 is 0 Å². The van der Waals surface area contributed by atoms with Gasteiger partial charge in [0.25, 0.3) is 0 Å². The van der Waals surface area contributed by atoms with E-state index in [1.54, 1.807) is 0 Å². The highest BCUT2D eigenvalue weighted by Gasteiger charge is 2.30. The van der Waals surface area contributed by atoms with Gasteiger partial charge in [-0.3, -0.25) is 37.3 Å². The van der Waals surface area contributed by atoms with E-state index >= 15 is 0 Å². The molecule has 0 aliphatic rings. The third-order valence-corrected chi connectivity index (χ3v) is 19.4. The Bertz CT molecular complexity index is 1820. The summed E-state index contributed by atoms with van der Waals surface area (Å²) in [5.41, 5.74) is 0. The molecule has 93 heavy (non-hydrogen) atoms. The van der Waals surface area contributed by atoms with Gasteiger partial charge in [0, 0.05) is 25.7 Å². The molecule has 0 amide bonds. The van der Waals surface area contributed by atoms with Crippen LogP contribution in [-0.2, 0) is 65.4 Å². The fourth-order valence-electron chi connectivity index (χ4n) is 11.2. The first-order valence-corrected chi connectivity index (χ1v) is 41.4. The van der Waals surface area contributed by atoms with Crippen molar-refractivity contribution < 1.29 is 80.2 Å². The molecule has 0 aliphatic heterocycles. The molecule has 552 valence electrons. The van der Waals surface area contributed by atoms with Crippen LogP contribution in [0.3, 0.4) is 0 Å². The normalized spacial score (nSPS) is 14.4. The van der Waals surface area contributed by atoms with Gasteiger partial charge >= 0.3 is 39.5 Å². The Labute approximate surface area is 568 Å². The second kappa shape index (κ2) is 64.7. The van der Waals surface area contributed by atoms with E-state index in [9.17, 15) is 43.2 Å². The van der Waals surface area contributed by atoms with Crippen molar-refractivity contribution in [1.82, 2.24) is 0 Å². The summed E-state index contributed by atoms with van der Waals surface area (Å²) in [5, 5.41) is 10.6. The minimum absolute atomic E-state index is 0.101. The molecule has 0 aromatic rings. The standard InChI is InChI=1S/C74H144O17P2/c1-8-10-11-12-13-14-15-16-17-18-19-20-21-22-23-24-25-30-33-43-50-57-73(78)90-69(61-84-71(76)55-48-41-32-29-27-26-28-31-40-47-54-67(7)9-2)63-88-92(80,81)86-59-68(75)60-87-93(82,83)89-64-70(91-74(79)58-51-44-37-35-39-46-53-66(5)6)62-85-72(77)56-49-42-36-34-38-45-52-65(3)4/h65-70,75H,8-64H2,1-7H3,(H,80,81)(H,82,83)/t67?,68-,69-,70-/m1/s1. The molecular formula is C74H144O17P2. The largest absolute Gasteiger partial charge is 0.472 e. The maximum absolute atomic E-state index is 13.1. The van der Waals surface area contributed by atoms with Crippen LogP contribution in [0.1, 0.15) is 376 Å². The predicted molar refractivity (Wildman–Crippen MR) is 377 cm³/mol. The molecule has 0 aromatic heterocycles. The number of aliphatic hydroxyl groups excluding tert-OH is 1. The minimum Gasteiger partial charge on any atom is -0.462 e. The van der Waals surface area contributed by atoms with Crippen LogP contribution in [0.25, 0.3) is 0 Å². The molecule has 0 aliphatic carbocycles. The zero-order chi connectivity index (χ0) is 68.7. The van der Waals surface area contributed by atoms with Crippen molar-refractivity contribution in [1.29, 1.82) is 0 Å². The van der Waals surface area contributed by atoms with Gasteiger partial charge < -0.3 is 33.8 Å². The van der Waals surface area contributed by atoms with Crippen molar-refractivity contribution in [2.45, 2.75) is 394 Å². The maximum Gasteiger partial charge on any atom is 0.472 e. The third-order valence-electron chi connectivity index (χ3n) is 17.5. The Hall–Kier alpha value is -1.94. The van der Waals surface area contributed by atoms with Gasteiger partial charge in [-0.25, -0.2) is 9.13 Å². The maximum atomic E-state index is 13.1. The molecule has 0 rings (SSSR count). The Kier molecular flexibility index (Phi) is 63.4. The van der Waals surface area contributed by atoms with Crippen molar-refractivity contribution in [2.75, 3.05) is 39.6 Å². The van der Waals surface area contributed by atoms with Gasteiger partial charge in [0.05, 0.1) is 26.4 Å². The number of aliphatic hydroxyl groups is 1. The molecule has 0 bridgehead atoms. The van der Waals surface area contributed by atoms with Gasteiger partial charge in [-0.1, -0.05) is 325 Å². The van der Waals surface area contributed by atoms with Gasteiger partial charge in [-0.05, 0) is 43.4 Å². The van der Waals surface area contributed by atoms with Crippen LogP contribution in [0.4, 0.5) is 0 Å². The zero-order valence-electron chi connectivity index (χ0n) is 60.7. The molecule has 0 spiro atoms. The minimum atomic E-state index is -4.96. The van der Waals surface area contributed by atoms with Gasteiger partial charge in [0.1, 0.15) is 19.3 Å². The number of ether oxygens (including phenoxy) is 4. The highest BCUT2D eigenvalue weighted by molar-refractivity contribution is 7.47. The lowest BCUT2D eigenvalue weighted by atomic mass is 9.99. The van der Waals surface area contributed by atoms with Gasteiger partial charge in [-0.15, -0.1) is 0 Å². The average molecular weight is 1370 g/mol. The number of unbranched alkanes of at least 4 members (excludes halogenated alkanes) is 39. The van der Waals surface area contributed by atoms with E-state index in [1.165, 1.54) is 180 Å². The SMILES string of the molecule is CCCCCCCCCCCCCCCCCCCCCCCC(=O)O[C@H](COC(=O)CCCCCCCCCCCCC(C)CC)COP(=O)(O)OC[C@@H](O)COP(=O)(O)OC[C@@H](COC(=O)CCCCCCCCC(C)C)OC(=O)CCCCCCCCC(C)C. The van der Waals surface area contributed by atoms with Gasteiger partial charge in [0.15, 0.2) is 12.2 Å². The lowest BCUT2D eigenvalue weighted by molar-refractivity contribution is -0.161. The second-order valence-corrected chi connectivity index (χ2v) is 30.8. The van der Waals surface area contributed by atoms with Crippen molar-refractivity contribution in [2.24, 2.45) is 17.8 Å². The van der Waals surface area contributed by atoms with E-state index in [1.807, 2.05) is 0 Å². The second-order valence-electron chi connectivity index (χ2n) is 27.9. The number of hydrogen-bond donors (Lipinski definition) is 3. The highest BCUT2D eigenvalue weighted by atomic mass is 31.2. The summed E-state index contributed by atoms with van der Waals surface area (Å²) in [6.45, 7) is 11.7. The first kappa shape index (κ1) is 91.1. The number of carbonyl (C=O) groups is 4. The molecule has 0 saturated carbocycles. The Morgan fingerprint density at radius 1 is 0.312 bits per heavy atom. The summed E-state index contributed by atoms with van der Waals surface area (Å²) in [6.07, 6.45) is 50.5. The van der Waals surface area contributed by atoms with E-state index in [0.717, 1.165) is 102 Å². The number of esters is 4. The van der Waals surface area contributed by atoms with Crippen LogP contribution in [0.15, 0.2) is 0 Å². The summed E-state index contributed by atoms with van der Waals surface area (Å²) in [7, 11) is -9.90. The van der Waals surface area contributed by atoms with Crippen LogP contribution in [0.5, 0.6) is 0 Å². The zero-order valence-corrected chi connectivity index (χ0v) is 62.5. The average Bonchev–Trinajstić information content (AvgIpc) is 3.13. The number of carbonyl (C=O) groups excluding carboxylic acids is 4. The lowest BCUT2D eigenvalue weighted by Gasteiger charge is -2.21. The fraction of sp³-hybridized carbons (Fsp3) is 0.946. The Morgan fingerprint density at radius 2 is 0.548 bits per heavy atom. The fourth-order valence-corrected chi connectivity index (χ4v) is 12.8. The summed E-state index contributed by atoms with van der Waals surface area (Å²) >= 11 is 0. The lowest BCUT2D eigenvalue weighted by Crippen LogP contribution is -2.30. The van der Waals surface area contributed by atoms with E-state index in [-0.39, 0.29) is 25.7 Å². The summed E-state index contributed by atoms with van der Waals surface area (Å²) in [4.78, 5) is 72.6. The van der Waals surface area contributed by atoms with E-state index in [2.05, 4.69) is 48.5 Å². The van der Waals surface area contributed by atoms with Crippen LogP contribution >= 0.6 is 15.6 Å². The van der Waals surface area contributed by atoms with Crippen molar-refractivity contribution in [3.05, 3.63) is 0 Å². The Balaban J connectivity index is 5.18. The number of phosphoric ester groups is 2. The monoisotopic (exact) mass is 1370 g/mol. The van der Waals surface area contributed by atoms with Gasteiger partial charge in [-0.2, -0.15) is 0 Å². The van der Waals surface area contributed by atoms with Crippen LogP contribution in [-0.4, -0.2) is 96.7 Å². The smallest absolute Gasteiger partial charge is 0.462 e. The molecule has 6 atom stereocenters. The quantitative estimate of drug-likeness (QED) is 0.0222. The molecule has 3 N–H and O–H groups in total. The molecule has 0 fully saturated rings. The van der Waals surface area contributed by atoms with E-state index in [4.69, 9.17) is 37.0 Å². The third kappa shape index (κ3) is 67.0. The van der Waals surface area contributed by atoms with Crippen LogP contribution in [0, 0.1) is 17.8 Å². The van der Waals surface area contributed by atoms with E-state index in [0.29, 0.717) is 37.5 Å². The molecular weight excluding hydrogens is 1220 g/mol. The van der Waals surface area contributed by atoms with Crippen molar-refractivity contribution >= 4 is 39.5 Å². The summed E-state index contributed by atoms with van der Waals surface area (Å²) in [6, 6.07) is 0. The molecule has 3 unspecified atom stereocenters. The number of rotatable bonds is 72. The Morgan fingerprint density at radius 3 is 0.817 bits per heavy atom. The molecule has 17 nitrogen and oxygen atoms in total. The van der Waals surface area contributed by atoms with Crippen molar-refractivity contribution in [3.8, 4) is 0 Å². The van der Waals surface area contributed by atoms with Crippen LogP contribution in [0.2, 0.25) is 0 Å². The molecule has 0 saturated heterocycles.